The van der Waals surface area contributed by atoms with Gasteiger partial charge in [-0.3, -0.25) is 4.79 Å². The molecule has 158 valence electrons. The number of benzene rings is 2. The maximum absolute atomic E-state index is 12.8. The van der Waals surface area contributed by atoms with Crippen LogP contribution < -0.4 is 9.64 Å². The summed E-state index contributed by atoms with van der Waals surface area (Å²) in [4.78, 5) is 26.1. The van der Waals surface area contributed by atoms with Gasteiger partial charge in [0.25, 0.3) is 5.91 Å². The summed E-state index contributed by atoms with van der Waals surface area (Å²) in [5, 5.41) is 1.65. The molecule has 2 aromatic rings. The van der Waals surface area contributed by atoms with Gasteiger partial charge in [0, 0.05) is 16.1 Å². The standard InChI is InChI=1S/C21H20ClNO6S/c1-15-11-16(22)7-8-19(15)28-13-21(25)29-12-20(24)23(17-5-3-2-4-6-17)18-9-10-30(26,27)14-18/h2-11,18H,12-14H2,1H3. The van der Waals surface area contributed by atoms with Gasteiger partial charge in [0.15, 0.2) is 23.1 Å². The molecule has 0 saturated heterocycles. The number of para-hydroxylation sites is 1. The molecule has 9 heteroatoms. The van der Waals surface area contributed by atoms with E-state index in [0.29, 0.717) is 16.5 Å². The van der Waals surface area contributed by atoms with E-state index in [1.807, 2.05) is 0 Å². The van der Waals surface area contributed by atoms with Crippen molar-refractivity contribution in [1.29, 1.82) is 0 Å². The molecule has 7 nitrogen and oxygen atoms in total. The summed E-state index contributed by atoms with van der Waals surface area (Å²) < 4.78 is 34.1. The van der Waals surface area contributed by atoms with Crippen LogP contribution in [0.25, 0.3) is 0 Å². The smallest absolute Gasteiger partial charge is 0.344 e. The van der Waals surface area contributed by atoms with Crippen molar-refractivity contribution >= 4 is 39.0 Å². The van der Waals surface area contributed by atoms with Crippen LogP contribution >= 0.6 is 11.6 Å². The van der Waals surface area contributed by atoms with Crippen molar-refractivity contribution in [2.24, 2.45) is 0 Å². The molecule has 0 saturated carbocycles. The average molecular weight is 450 g/mol. The van der Waals surface area contributed by atoms with Crippen molar-refractivity contribution in [3.63, 3.8) is 0 Å². The second kappa shape index (κ2) is 9.32. The molecule has 0 spiro atoms. The quantitative estimate of drug-likeness (QED) is 0.604. The second-order valence-corrected chi connectivity index (χ2v) is 9.05. The highest BCUT2D eigenvalue weighted by atomic mass is 35.5. The van der Waals surface area contributed by atoms with Gasteiger partial charge in [0.05, 0.1) is 11.8 Å². The Bertz CT molecular complexity index is 1070. The predicted octanol–water partition coefficient (Wildman–Crippen LogP) is 2.91. The summed E-state index contributed by atoms with van der Waals surface area (Å²) >= 11 is 5.88. The molecule has 30 heavy (non-hydrogen) atoms. The van der Waals surface area contributed by atoms with E-state index in [2.05, 4.69) is 0 Å². The number of hydrogen-bond donors (Lipinski definition) is 0. The van der Waals surface area contributed by atoms with Crippen LogP contribution in [0.2, 0.25) is 5.02 Å². The number of hydrogen-bond acceptors (Lipinski definition) is 6. The van der Waals surface area contributed by atoms with Gasteiger partial charge < -0.3 is 14.4 Å². The largest absolute Gasteiger partial charge is 0.482 e. The lowest BCUT2D eigenvalue weighted by atomic mass is 10.2. The van der Waals surface area contributed by atoms with Gasteiger partial charge in [0.1, 0.15) is 5.75 Å². The lowest BCUT2D eigenvalue weighted by Gasteiger charge is -2.27. The van der Waals surface area contributed by atoms with Crippen molar-refractivity contribution in [2.45, 2.75) is 13.0 Å². The van der Waals surface area contributed by atoms with Gasteiger partial charge >= 0.3 is 5.97 Å². The summed E-state index contributed by atoms with van der Waals surface area (Å²) in [6.45, 7) is 0.872. The van der Waals surface area contributed by atoms with Crippen LogP contribution in [0.15, 0.2) is 60.0 Å². The van der Waals surface area contributed by atoms with Gasteiger partial charge in [-0.25, -0.2) is 13.2 Å². The molecule has 0 aromatic heterocycles. The molecular weight excluding hydrogens is 430 g/mol. The number of nitrogens with zero attached hydrogens (tertiary/aromatic N) is 1. The van der Waals surface area contributed by atoms with E-state index in [4.69, 9.17) is 21.1 Å². The molecule has 0 radical (unpaired) electrons. The minimum absolute atomic E-state index is 0.222. The van der Waals surface area contributed by atoms with E-state index in [0.717, 1.165) is 11.0 Å². The molecule has 1 unspecified atom stereocenters. The molecule has 1 aliphatic heterocycles. The molecule has 2 aromatic carbocycles. The minimum Gasteiger partial charge on any atom is -0.482 e. The average Bonchev–Trinajstić information content (AvgIpc) is 3.06. The number of aryl methyl sites for hydroxylation is 1. The highest BCUT2D eigenvalue weighted by Gasteiger charge is 2.31. The number of carbonyl (C=O) groups is 2. The molecule has 1 heterocycles. The molecule has 0 fully saturated rings. The number of anilines is 1. The summed E-state index contributed by atoms with van der Waals surface area (Å²) in [7, 11) is -3.37. The zero-order chi connectivity index (χ0) is 21.7. The molecule has 0 bridgehead atoms. The minimum atomic E-state index is -3.37. The van der Waals surface area contributed by atoms with Crippen molar-refractivity contribution in [2.75, 3.05) is 23.9 Å². The Kier molecular flexibility index (Phi) is 6.79. The maximum Gasteiger partial charge on any atom is 0.344 e. The van der Waals surface area contributed by atoms with Crippen LogP contribution in [0, 0.1) is 6.92 Å². The number of rotatable bonds is 7. The Labute approximate surface area is 179 Å². The summed E-state index contributed by atoms with van der Waals surface area (Å²) in [5.74, 6) is -1.00. The Morgan fingerprint density at radius 2 is 1.87 bits per heavy atom. The van der Waals surface area contributed by atoms with Crippen LogP contribution in [0.4, 0.5) is 5.69 Å². The number of sulfone groups is 1. The van der Waals surface area contributed by atoms with Gasteiger partial charge in [-0.1, -0.05) is 29.8 Å². The Hall–Kier alpha value is -2.84. The first-order valence-corrected chi connectivity index (χ1v) is 11.2. The van der Waals surface area contributed by atoms with E-state index < -0.39 is 34.4 Å². The van der Waals surface area contributed by atoms with E-state index in [-0.39, 0.29) is 12.4 Å². The first-order chi connectivity index (χ1) is 14.2. The third-order valence-electron chi connectivity index (χ3n) is 4.38. The third-order valence-corrected chi connectivity index (χ3v) is 6.00. The monoisotopic (exact) mass is 449 g/mol. The van der Waals surface area contributed by atoms with Crippen LogP contribution in [0.1, 0.15) is 5.56 Å². The topological polar surface area (TPSA) is 90.0 Å². The number of esters is 1. The van der Waals surface area contributed by atoms with Crippen LogP contribution in [-0.2, 0) is 24.2 Å². The van der Waals surface area contributed by atoms with Gasteiger partial charge in [-0.05, 0) is 48.9 Å². The highest BCUT2D eigenvalue weighted by Crippen LogP contribution is 2.23. The van der Waals surface area contributed by atoms with E-state index in [1.165, 1.54) is 11.0 Å². The number of ether oxygens (including phenoxy) is 2. The van der Waals surface area contributed by atoms with Crippen molar-refractivity contribution in [1.82, 2.24) is 0 Å². The molecule has 1 atom stereocenters. The summed E-state index contributed by atoms with van der Waals surface area (Å²) in [5.41, 5.74) is 1.27. The summed E-state index contributed by atoms with van der Waals surface area (Å²) in [6.07, 6.45) is 1.45. The van der Waals surface area contributed by atoms with Crippen LogP contribution in [0.3, 0.4) is 0 Å². The molecule has 1 aliphatic rings. The number of amides is 1. The zero-order valence-electron chi connectivity index (χ0n) is 16.2. The van der Waals surface area contributed by atoms with Crippen molar-refractivity contribution < 1.29 is 27.5 Å². The van der Waals surface area contributed by atoms with E-state index in [9.17, 15) is 18.0 Å². The summed E-state index contributed by atoms with van der Waals surface area (Å²) in [6, 6.07) is 12.9. The first-order valence-electron chi connectivity index (χ1n) is 9.08. The first kappa shape index (κ1) is 21.9. The van der Waals surface area contributed by atoms with Gasteiger partial charge in [0.2, 0.25) is 0 Å². The molecule has 1 amide bonds. The normalized spacial score (nSPS) is 16.8. The SMILES string of the molecule is Cc1cc(Cl)ccc1OCC(=O)OCC(=O)N(c1ccccc1)C1C=CS(=O)(=O)C1. The molecule has 0 aliphatic carbocycles. The Morgan fingerprint density at radius 1 is 1.13 bits per heavy atom. The van der Waals surface area contributed by atoms with Gasteiger partial charge in [-0.15, -0.1) is 0 Å². The molecular formula is C21H20ClNO6S. The van der Waals surface area contributed by atoms with E-state index in [1.54, 1.807) is 55.5 Å². The Morgan fingerprint density at radius 3 is 2.50 bits per heavy atom. The van der Waals surface area contributed by atoms with Gasteiger partial charge in [-0.2, -0.15) is 0 Å². The fraction of sp³-hybridized carbons (Fsp3) is 0.238. The maximum atomic E-state index is 12.8. The zero-order valence-corrected chi connectivity index (χ0v) is 17.7. The number of halogens is 1. The Balaban J connectivity index is 1.61. The fourth-order valence-corrected chi connectivity index (χ4v) is 4.49. The third kappa shape index (κ3) is 5.61. The lowest BCUT2D eigenvalue weighted by Crippen LogP contribution is -2.43. The van der Waals surface area contributed by atoms with Crippen molar-refractivity contribution in [3.05, 3.63) is 70.6 Å². The predicted molar refractivity (Wildman–Crippen MR) is 113 cm³/mol. The lowest BCUT2D eigenvalue weighted by molar-refractivity contribution is -0.149. The van der Waals surface area contributed by atoms with Crippen molar-refractivity contribution in [3.8, 4) is 5.75 Å². The second-order valence-electron chi connectivity index (χ2n) is 6.68. The molecule has 3 rings (SSSR count). The van der Waals surface area contributed by atoms with Crippen LogP contribution in [-0.4, -0.2) is 45.3 Å². The van der Waals surface area contributed by atoms with E-state index >= 15 is 0 Å². The highest BCUT2D eigenvalue weighted by molar-refractivity contribution is 7.94. The molecule has 0 N–H and O–H groups in total. The van der Waals surface area contributed by atoms with Crippen LogP contribution in [0.5, 0.6) is 5.75 Å². The number of carbonyl (C=O) groups excluding carboxylic acids is 2. The fourth-order valence-electron chi connectivity index (χ4n) is 2.99.